The summed E-state index contributed by atoms with van der Waals surface area (Å²) in [5.74, 6) is 0. The fraction of sp³-hybridized carbons (Fsp3) is 1.00. The number of halogens is 4. The standard InChI is InChI=1S/C6H6Cl3I/c7-6(8,9)4-1-5(10,2-4)3-4/h1-3H2. The van der Waals surface area contributed by atoms with Crippen LogP contribution in [0.5, 0.6) is 0 Å². The Kier molecular flexibility index (Phi) is 1.57. The quantitative estimate of drug-likeness (QED) is 0.472. The van der Waals surface area contributed by atoms with E-state index in [-0.39, 0.29) is 5.41 Å². The number of alkyl halides is 4. The third kappa shape index (κ3) is 0.868. The van der Waals surface area contributed by atoms with Crippen molar-refractivity contribution in [2.75, 3.05) is 0 Å². The van der Waals surface area contributed by atoms with E-state index < -0.39 is 3.79 Å². The van der Waals surface area contributed by atoms with E-state index in [0.717, 1.165) is 19.3 Å². The van der Waals surface area contributed by atoms with E-state index in [4.69, 9.17) is 34.8 Å². The SMILES string of the molecule is ClC(Cl)(Cl)C12CC(I)(C1)C2. The molecule has 0 spiro atoms. The zero-order valence-electron chi connectivity index (χ0n) is 5.13. The fourth-order valence-electron chi connectivity index (χ4n) is 1.96. The molecule has 3 aliphatic rings. The molecule has 2 bridgehead atoms. The predicted molar refractivity (Wildman–Crippen MR) is 53.3 cm³/mol. The van der Waals surface area contributed by atoms with Gasteiger partial charge in [0.2, 0.25) is 0 Å². The Morgan fingerprint density at radius 1 is 1.10 bits per heavy atom. The lowest BCUT2D eigenvalue weighted by molar-refractivity contribution is -0.0582. The van der Waals surface area contributed by atoms with Crippen molar-refractivity contribution in [1.29, 1.82) is 0 Å². The summed E-state index contributed by atoms with van der Waals surface area (Å²) in [6.45, 7) is 0. The molecule has 3 fully saturated rings. The molecule has 0 atom stereocenters. The molecule has 0 saturated heterocycles. The summed E-state index contributed by atoms with van der Waals surface area (Å²) in [7, 11) is 0. The molecule has 58 valence electrons. The summed E-state index contributed by atoms with van der Waals surface area (Å²) in [6.07, 6.45) is 3.28. The lowest BCUT2D eigenvalue weighted by Crippen LogP contribution is -2.68. The Labute approximate surface area is 88.7 Å². The Morgan fingerprint density at radius 3 is 1.60 bits per heavy atom. The van der Waals surface area contributed by atoms with E-state index >= 15 is 0 Å². The first-order valence-corrected chi connectivity index (χ1v) is 5.34. The topological polar surface area (TPSA) is 0 Å². The van der Waals surface area contributed by atoms with Crippen molar-refractivity contribution in [2.45, 2.75) is 26.5 Å². The fourth-order valence-corrected chi connectivity index (χ4v) is 4.76. The van der Waals surface area contributed by atoms with Crippen LogP contribution in [0.4, 0.5) is 0 Å². The van der Waals surface area contributed by atoms with Crippen LogP contribution in [0, 0.1) is 5.41 Å². The molecule has 0 N–H and O–H groups in total. The van der Waals surface area contributed by atoms with Gasteiger partial charge in [0, 0.05) is 8.84 Å². The molecule has 0 aromatic rings. The minimum Gasteiger partial charge on any atom is -0.0831 e. The van der Waals surface area contributed by atoms with Gasteiger partial charge in [0.15, 0.2) is 3.79 Å². The van der Waals surface area contributed by atoms with Gasteiger partial charge in [0.05, 0.1) is 0 Å². The second-order valence-corrected chi connectivity index (χ2v) is 8.03. The lowest BCUT2D eigenvalue weighted by Gasteiger charge is -2.70. The Balaban J connectivity index is 2.11. The van der Waals surface area contributed by atoms with E-state index in [2.05, 4.69) is 22.6 Å². The van der Waals surface area contributed by atoms with E-state index in [1.54, 1.807) is 0 Å². The van der Waals surface area contributed by atoms with Gasteiger partial charge in [-0.2, -0.15) is 0 Å². The molecule has 0 nitrogen and oxygen atoms in total. The summed E-state index contributed by atoms with van der Waals surface area (Å²) in [5.41, 5.74) is 0.0544. The summed E-state index contributed by atoms with van der Waals surface area (Å²) in [6, 6.07) is 0. The highest BCUT2D eigenvalue weighted by atomic mass is 127. The Hall–Kier alpha value is 1.60. The largest absolute Gasteiger partial charge is 0.196 e. The maximum absolute atomic E-state index is 5.80. The third-order valence-electron chi connectivity index (χ3n) is 2.57. The van der Waals surface area contributed by atoms with Gasteiger partial charge in [-0.05, 0) is 19.3 Å². The zero-order valence-corrected chi connectivity index (χ0v) is 9.56. The molecule has 0 aromatic carbocycles. The van der Waals surface area contributed by atoms with Crippen LogP contribution in [0.1, 0.15) is 19.3 Å². The smallest absolute Gasteiger partial charge is 0.0831 e. The van der Waals surface area contributed by atoms with Crippen molar-refractivity contribution in [3.05, 3.63) is 0 Å². The molecular weight excluding hydrogens is 305 g/mol. The van der Waals surface area contributed by atoms with E-state index in [1.807, 2.05) is 0 Å². The molecule has 0 unspecified atom stereocenters. The van der Waals surface area contributed by atoms with Crippen LogP contribution in [-0.4, -0.2) is 7.21 Å². The normalized spacial score (nSPS) is 51.6. The van der Waals surface area contributed by atoms with Gasteiger partial charge in [-0.1, -0.05) is 57.4 Å². The summed E-state index contributed by atoms with van der Waals surface area (Å²) in [5, 5.41) is 0. The Morgan fingerprint density at radius 2 is 1.50 bits per heavy atom. The first-order valence-electron chi connectivity index (χ1n) is 3.13. The second kappa shape index (κ2) is 1.91. The minimum atomic E-state index is -1.01. The second-order valence-electron chi connectivity index (χ2n) is 3.46. The molecular formula is C6H6Cl3I. The molecule has 3 aliphatic carbocycles. The number of hydrogen-bond donors (Lipinski definition) is 0. The monoisotopic (exact) mass is 310 g/mol. The van der Waals surface area contributed by atoms with Crippen LogP contribution in [0.25, 0.3) is 0 Å². The summed E-state index contributed by atoms with van der Waals surface area (Å²) >= 11 is 19.9. The van der Waals surface area contributed by atoms with E-state index in [0.29, 0.717) is 3.42 Å². The first-order chi connectivity index (χ1) is 4.37. The van der Waals surface area contributed by atoms with Crippen molar-refractivity contribution in [3.8, 4) is 0 Å². The van der Waals surface area contributed by atoms with Crippen LogP contribution >= 0.6 is 57.4 Å². The summed E-state index contributed by atoms with van der Waals surface area (Å²) in [4.78, 5) is 0. The van der Waals surface area contributed by atoms with Gasteiger partial charge >= 0.3 is 0 Å². The molecule has 3 rings (SSSR count). The van der Waals surface area contributed by atoms with E-state index in [1.165, 1.54) is 0 Å². The van der Waals surface area contributed by atoms with Gasteiger partial charge in [0.1, 0.15) is 0 Å². The highest BCUT2D eigenvalue weighted by Crippen LogP contribution is 2.78. The van der Waals surface area contributed by atoms with Crippen molar-refractivity contribution >= 4 is 57.4 Å². The highest BCUT2D eigenvalue weighted by molar-refractivity contribution is 14.1. The molecule has 3 saturated carbocycles. The number of hydrogen-bond acceptors (Lipinski definition) is 0. The van der Waals surface area contributed by atoms with Crippen LogP contribution in [0.3, 0.4) is 0 Å². The molecule has 4 heteroatoms. The highest BCUT2D eigenvalue weighted by Gasteiger charge is 2.73. The lowest BCUT2D eigenvalue weighted by atomic mass is 9.45. The van der Waals surface area contributed by atoms with Crippen molar-refractivity contribution < 1.29 is 0 Å². The Bertz CT molecular complexity index is 164. The zero-order chi connectivity index (χ0) is 7.62. The van der Waals surface area contributed by atoms with Crippen molar-refractivity contribution in [2.24, 2.45) is 5.41 Å². The van der Waals surface area contributed by atoms with Crippen molar-refractivity contribution in [3.63, 3.8) is 0 Å². The number of rotatable bonds is 0. The van der Waals surface area contributed by atoms with Crippen LogP contribution in [0.2, 0.25) is 0 Å². The van der Waals surface area contributed by atoms with E-state index in [9.17, 15) is 0 Å². The molecule has 0 radical (unpaired) electrons. The predicted octanol–water partition coefficient (Wildman–Crippen LogP) is 3.71. The van der Waals surface area contributed by atoms with Crippen LogP contribution in [-0.2, 0) is 0 Å². The molecule has 0 heterocycles. The average molecular weight is 311 g/mol. The van der Waals surface area contributed by atoms with Crippen molar-refractivity contribution in [1.82, 2.24) is 0 Å². The maximum Gasteiger partial charge on any atom is 0.196 e. The first kappa shape index (κ1) is 8.21. The molecule has 0 aromatic heterocycles. The van der Waals surface area contributed by atoms with Gasteiger partial charge in [-0.15, -0.1) is 0 Å². The van der Waals surface area contributed by atoms with Gasteiger partial charge in [0.25, 0.3) is 0 Å². The van der Waals surface area contributed by atoms with Crippen LogP contribution in [0.15, 0.2) is 0 Å². The minimum absolute atomic E-state index is 0.0544. The van der Waals surface area contributed by atoms with Gasteiger partial charge < -0.3 is 0 Å². The molecule has 0 aliphatic heterocycles. The van der Waals surface area contributed by atoms with Crippen LogP contribution < -0.4 is 0 Å². The molecule has 10 heavy (non-hydrogen) atoms. The molecule has 0 amide bonds. The third-order valence-corrected chi connectivity index (χ3v) is 4.91. The maximum atomic E-state index is 5.80. The van der Waals surface area contributed by atoms with Gasteiger partial charge in [-0.3, -0.25) is 0 Å². The summed E-state index contributed by atoms with van der Waals surface area (Å²) < 4.78 is -0.512. The van der Waals surface area contributed by atoms with Gasteiger partial charge in [-0.25, -0.2) is 0 Å². The average Bonchev–Trinajstić information content (AvgIpc) is 1.51.